The number of carboxylic acids is 1. The predicted molar refractivity (Wildman–Crippen MR) is 83.2 cm³/mol. The van der Waals surface area contributed by atoms with E-state index in [1.807, 2.05) is 20.8 Å². The van der Waals surface area contributed by atoms with Crippen molar-refractivity contribution >= 4 is 11.9 Å². The van der Waals surface area contributed by atoms with Crippen LogP contribution in [-0.4, -0.2) is 46.6 Å². The van der Waals surface area contributed by atoms with Gasteiger partial charge in [0.05, 0.1) is 6.42 Å². The number of hydrogen-bond donors (Lipinski definition) is 2. The van der Waals surface area contributed by atoms with E-state index in [1.54, 1.807) is 0 Å². The van der Waals surface area contributed by atoms with Crippen molar-refractivity contribution in [3.63, 3.8) is 0 Å². The fraction of sp³-hybridized carbons (Fsp3) is 0.875. The Hall–Kier alpha value is -1.10. The summed E-state index contributed by atoms with van der Waals surface area (Å²) in [6.07, 6.45) is 6.42. The summed E-state index contributed by atoms with van der Waals surface area (Å²) in [6.45, 7) is 7.24. The van der Waals surface area contributed by atoms with Gasteiger partial charge in [-0.05, 0) is 33.6 Å². The molecule has 0 atom stereocenters. The van der Waals surface area contributed by atoms with E-state index < -0.39 is 5.97 Å². The van der Waals surface area contributed by atoms with Crippen molar-refractivity contribution in [3.05, 3.63) is 0 Å². The van der Waals surface area contributed by atoms with Gasteiger partial charge in [-0.3, -0.25) is 14.5 Å². The molecule has 5 nitrogen and oxygen atoms in total. The van der Waals surface area contributed by atoms with Crippen molar-refractivity contribution in [3.8, 4) is 0 Å². The van der Waals surface area contributed by atoms with Crippen molar-refractivity contribution in [2.75, 3.05) is 13.1 Å². The van der Waals surface area contributed by atoms with Gasteiger partial charge in [-0.2, -0.15) is 0 Å². The Morgan fingerprint density at radius 3 is 2.19 bits per heavy atom. The second-order valence-corrected chi connectivity index (χ2v) is 6.95. The van der Waals surface area contributed by atoms with Crippen LogP contribution in [-0.2, 0) is 9.59 Å². The van der Waals surface area contributed by atoms with E-state index in [-0.39, 0.29) is 17.9 Å². The van der Waals surface area contributed by atoms with Crippen LogP contribution < -0.4 is 5.32 Å². The van der Waals surface area contributed by atoms with Gasteiger partial charge in [0.25, 0.3) is 0 Å². The van der Waals surface area contributed by atoms with E-state index in [0.29, 0.717) is 25.6 Å². The summed E-state index contributed by atoms with van der Waals surface area (Å²) in [6, 6.07) is 0.341. The first-order valence-electron chi connectivity index (χ1n) is 8.05. The third-order valence-corrected chi connectivity index (χ3v) is 4.12. The maximum atomic E-state index is 12.0. The highest BCUT2D eigenvalue weighted by Gasteiger charge is 2.23. The Labute approximate surface area is 128 Å². The van der Waals surface area contributed by atoms with Crippen molar-refractivity contribution in [1.82, 2.24) is 10.2 Å². The van der Waals surface area contributed by atoms with Gasteiger partial charge >= 0.3 is 5.97 Å². The summed E-state index contributed by atoms with van der Waals surface area (Å²) in [5.74, 6) is -0.706. The molecule has 0 aromatic carbocycles. The molecule has 0 bridgehead atoms. The van der Waals surface area contributed by atoms with Crippen LogP contribution in [0.15, 0.2) is 0 Å². The molecule has 0 heterocycles. The monoisotopic (exact) mass is 298 g/mol. The van der Waals surface area contributed by atoms with E-state index >= 15 is 0 Å². The number of rotatable bonds is 7. The average Bonchev–Trinajstić information content (AvgIpc) is 2.37. The summed E-state index contributed by atoms with van der Waals surface area (Å²) >= 11 is 0. The van der Waals surface area contributed by atoms with Crippen LogP contribution in [0, 0.1) is 0 Å². The lowest BCUT2D eigenvalue weighted by atomic mass is 9.95. The zero-order valence-corrected chi connectivity index (χ0v) is 13.7. The Kier molecular flexibility index (Phi) is 7.15. The van der Waals surface area contributed by atoms with Gasteiger partial charge in [-0.1, -0.05) is 19.3 Å². The highest BCUT2D eigenvalue weighted by Crippen LogP contribution is 2.18. The van der Waals surface area contributed by atoms with E-state index in [2.05, 4.69) is 10.2 Å². The molecule has 1 fully saturated rings. The molecule has 5 heteroatoms. The van der Waals surface area contributed by atoms with E-state index in [1.165, 1.54) is 19.3 Å². The molecule has 0 aliphatic heterocycles. The Balaban J connectivity index is 2.36. The minimum Gasteiger partial charge on any atom is -0.481 e. The molecule has 0 aromatic heterocycles. The molecule has 0 unspecified atom stereocenters. The zero-order chi connectivity index (χ0) is 15.9. The lowest BCUT2D eigenvalue weighted by Crippen LogP contribution is -2.45. The van der Waals surface area contributed by atoms with E-state index in [9.17, 15) is 9.59 Å². The predicted octanol–water partition coefficient (Wildman–Crippen LogP) is 2.40. The van der Waals surface area contributed by atoms with Crippen LogP contribution in [0.3, 0.4) is 0 Å². The fourth-order valence-electron chi connectivity index (χ4n) is 2.80. The van der Waals surface area contributed by atoms with Crippen LogP contribution >= 0.6 is 0 Å². The molecule has 1 rings (SSSR count). The summed E-state index contributed by atoms with van der Waals surface area (Å²) in [4.78, 5) is 24.8. The molecule has 0 spiro atoms. The minimum atomic E-state index is -0.795. The highest BCUT2D eigenvalue weighted by molar-refractivity contribution is 5.76. The molecule has 0 radical (unpaired) electrons. The number of nitrogens with one attached hydrogen (secondary N) is 1. The van der Waals surface area contributed by atoms with Crippen molar-refractivity contribution < 1.29 is 14.7 Å². The maximum Gasteiger partial charge on any atom is 0.304 e. The molecule has 0 aromatic rings. The molecule has 0 saturated heterocycles. The molecule has 1 amide bonds. The maximum absolute atomic E-state index is 12.0. The van der Waals surface area contributed by atoms with Gasteiger partial charge in [0.15, 0.2) is 0 Å². The number of carboxylic acid groups (broad SMARTS) is 1. The van der Waals surface area contributed by atoms with Crippen molar-refractivity contribution in [1.29, 1.82) is 0 Å². The van der Waals surface area contributed by atoms with E-state index in [4.69, 9.17) is 5.11 Å². The minimum absolute atomic E-state index is 0.0893. The van der Waals surface area contributed by atoms with Gasteiger partial charge in [0, 0.05) is 31.1 Å². The molecule has 1 aliphatic carbocycles. The van der Waals surface area contributed by atoms with Crippen LogP contribution in [0.2, 0.25) is 0 Å². The molecule has 2 N–H and O–H groups in total. The molecule has 1 saturated carbocycles. The summed E-state index contributed by atoms with van der Waals surface area (Å²) < 4.78 is 0. The number of amides is 1. The van der Waals surface area contributed by atoms with Crippen LogP contribution in [0.4, 0.5) is 0 Å². The zero-order valence-electron chi connectivity index (χ0n) is 13.7. The third-order valence-electron chi connectivity index (χ3n) is 4.12. The van der Waals surface area contributed by atoms with Gasteiger partial charge in [0.2, 0.25) is 5.91 Å². The summed E-state index contributed by atoms with van der Waals surface area (Å²) in [7, 11) is 0. The van der Waals surface area contributed by atoms with Gasteiger partial charge < -0.3 is 10.4 Å². The van der Waals surface area contributed by atoms with Gasteiger partial charge in [0.1, 0.15) is 0 Å². The molecular formula is C16H30N2O3. The van der Waals surface area contributed by atoms with Crippen molar-refractivity contribution in [2.24, 2.45) is 0 Å². The quantitative estimate of drug-likeness (QED) is 0.757. The number of aliphatic carboxylic acids is 1. The average molecular weight is 298 g/mol. The number of carbonyl (C=O) groups is 2. The standard InChI is InChI=1S/C16H30N2O3/c1-16(2,3)18(12-10-15(20)21)11-9-14(19)17-13-7-5-4-6-8-13/h13H,4-12H2,1-3H3,(H,17,19)(H,20,21). The van der Waals surface area contributed by atoms with Crippen molar-refractivity contribution in [2.45, 2.75) is 77.3 Å². The smallest absolute Gasteiger partial charge is 0.304 e. The summed E-state index contributed by atoms with van der Waals surface area (Å²) in [5.41, 5.74) is -0.124. The second-order valence-electron chi connectivity index (χ2n) is 6.95. The fourth-order valence-corrected chi connectivity index (χ4v) is 2.80. The van der Waals surface area contributed by atoms with Crippen LogP contribution in [0.25, 0.3) is 0 Å². The molecule has 122 valence electrons. The first-order chi connectivity index (χ1) is 9.79. The molecule has 1 aliphatic rings. The normalized spacial score (nSPS) is 17.0. The topological polar surface area (TPSA) is 69.6 Å². The van der Waals surface area contributed by atoms with E-state index in [0.717, 1.165) is 12.8 Å². The first kappa shape index (κ1) is 18.0. The highest BCUT2D eigenvalue weighted by atomic mass is 16.4. The Morgan fingerprint density at radius 2 is 1.67 bits per heavy atom. The SMILES string of the molecule is CC(C)(C)N(CCC(=O)O)CCC(=O)NC1CCCCC1. The van der Waals surface area contributed by atoms with Gasteiger partial charge in [-0.25, -0.2) is 0 Å². The molecule has 21 heavy (non-hydrogen) atoms. The first-order valence-corrected chi connectivity index (χ1v) is 8.05. The largest absolute Gasteiger partial charge is 0.481 e. The number of hydrogen-bond acceptors (Lipinski definition) is 3. The van der Waals surface area contributed by atoms with Crippen LogP contribution in [0.1, 0.15) is 65.7 Å². The lowest BCUT2D eigenvalue weighted by molar-refractivity contribution is -0.137. The molecular weight excluding hydrogens is 268 g/mol. The third kappa shape index (κ3) is 7.46. The number of nitrogens with zero attached hydrogens (tertiary/aromatic N) is 1. The van der Waals surface area contributed by atoms with Gasteiger partial charge in [-0.15, -0.1) is 0 Å². The number of carbonyl (C=O) groups excluding carboxylic acids is 1. The summed E-state index contributed by atoms with van der Waals surface area (Å²) in [5, 5.41) is 11.9. The van der Waals surface area contributed by atoms with Crippen LogP contribution in [0.5, 0.6) is 0 Å². The second kappa shape index (κ2) is 8.37. The Bertz CT molecular complexity index is 344. The Morgan fingerprint density at radius 1 is 1.10 bits per heavy atom. The lowest BCUT2D eigenvalue weighted by Gasteiger charge is -2.35.